The first-order chi connectivity index (χ1) is 16.8. The second-order valence-corrected chi connectivity index (χ2v) is 10.1. The number of furan rings is 1. The molecule has 35 heavy (non-hydrogen) atoms. The number of allylic oxidation sites excluding steroid dienone is 1. The molecule has 1 unspecified atom stereocenters. The van der Waals surface area contributed by atoms with Gasteiger partial charge in [0, 0.05) is 40.9 Å². The zero-order valence-electron chi connectivity index (χ0n) is 19.5. The number of ketones is 1. The maximum Gasteiger partial charge on any atom is 0.270 e. The summed E-state index contributed by atoms with van der Waals surface area (Å²) >= 11 is 0. The molecule has 174 valence electrons. The third kappa shape index (κ3) is 3.53. The Morgan fingerprint density at radius 1 is 1.00 bits per heavy atom. The van der Waals surface area contributed by atoms with Crippen LogP contribution in [0.25, 0.3) is 27.7 Å². The Labute approximate surface area is 202 Å². The Kier molecular flexibility index (Phi) is 4.68. The Balaban J connectivity index is 1.50. The third-order valence-electron chi connectivity index (χ3n) is 6.99. The number of nitro groups is 1. The van der Waals surface area contributed by atoms with Crippen molar-refractivity contribution in [3.8, 4) is 11.3 Å². The van der Waals surface area contributed by atoms with Gasteiger partial charge in [0.25, 0.3) is 5.69 Å². The van der Waals surface area contributed by atoms with Crippen LogP contribution in [0.5, 0.6) is 0 Å². The number of Topliss-reactive ketones (excluding diaryl/α,β-unsaturated/α-hetero) is 1. The van der Waals surface area contributed by atoms with E-state index < -0.39 is 4.92 Å². The molecule has 1 aliphatic heterocycles. The van der Waals surface area contributed by atoms with Crippen LogP contribution in [-0.4, -0.2) is 10.7 Å². The minimum atomic E-state index is -0.413. The summed E-state index contributed by atoms with van der Waals surface area (Å²) in [7, 11) is 0. The molecule has 1 N–H and O–H groups in total. The molecule has 0 saturated heterocycles. The molecule has 1 aromatic heterocycles. The lowest BCUT2D eigenvalue weighted by molar-refractivity contribution is -0.384. The molecule has 6 nitrogen and oxygen atoms in total. The Hall–Kier alpha value is -4.19. The van der Waals surface area contributed by atoms with Gasteiger partial charge in [-0.2, -0.15) is 0 Å². The van der Waals surface area contributed by atoms with E-state index in [1.165, 1.54) is 12.1 Å². The summed E-state index contributed by atoms with van der Waals surface area (Å²) in [6, 6.07) is 22.1. The first-order valence-electron chi connectivity index (χ1n) is 11.7. The summed E-state index contributed by atoms with van der Waals surface area (Å²) in [5.74, 6) is 1.40. The van der Waals surface area contributed by atoms with E-state index in [0.717, 1.165) is 39.6 Å². The standard InChI is InChI=1S/C29H24N2O4/c1-29(2)15-21-27(23(32)16-29)26-20-9-4-3-6-17(20)10-11-22(26)30-28(21)25-13-12-24(35-25)18-7-5-8-19(14-18)31(33)34/h3-14,28,30H,15-16H2,1-2H3. The van der Waals surface area contributed by atoms with Crippen LogP contribution in [0.3, 0.4) is 0 Å². The quantitative estimate of drug-likeness (QED) is 0.254. The van der Waals surface area contributed by atoms with Gasteiger partial charge in [-0.3, -0.25) is 14.9 Å². The molecule has 4 aromatic rings. The molecule has 3 aromatic carbocycles. The van der Waals surface area contributed by atoms with Crippen molar-refractivity contribution in [2.24, 2.45) is 5.41 Å². The maximum atomic E-state index is 13.6. The number of hydrogen-bond donors (Lipinski definition) is 1. The number of nitro benzene ring substituents is 1. The number of non-ortho nitro benzene ring substituents is 1. The number of carbonyl (C=O) groups excluding carboxylic acids is 1. The van der Waals surface area contributed by atoms with Crippen molar-refractivity contribution in [3.63, 3.8) is 0 Å². The fraction of sp³-hybridized carbons (Fsp3) is 0.207. The van der Waals surface area contributed by atoms with E-state index in [-0.39, 0.29) is 22.9 Å². The molecule has 0 saturated carbocycles. The molecule has 1 atom stereocenters. The lowest BCUT2D eigenvalue weighted by Crippen LogP contribution is -2.32. The van der Waals surface area contributed by atoms with Crippen LogP contribution in [-0.2, 0) is 4.79 Å². The molecule has 0 bridgehead atoms. The number of nitrogens with zero attached hydrogens (tertiary/aromatic N) is 1. The van der Waals surface area contributed by atoms with E-state index in [2.05, 4.69) is 37.4 Å². The second-order valence-electron chi connectivity index (χ2n) is 10.1. The highest BCUT2D eigenvalue weighted by atomic mass is 16.6. The normalized spacial score (nSPS) is 18.7. The number of hydrogen-bond acceptors (Lipinski definition) is 5. The first kappa shape index (κ1) is 21.4. The van der Waals surface area contributed by atoms with Crippen molar-refractivity contribution < 1.29 is 14.1 Å². The highest BCUT2D eigenvalue weighted by Gasteiger charge is 2.41. The zero-order valence-corrected chi connectivity index (χ0v) is 19.5. The number of fused-ring (bicyclic) bond motifs is 4. The molecule has 0 fully saturated rings. The van der Waals surface area contributed by atoms with E-state index in [1.54, 1.807) is 12.1 Å². The van der Waals surface area contributed by atoms with Gasteiger partial charge in [-0.05, 0) is 46.4 Å². The van der Waals surface area contributed by atoms with E-state index in [4.69, 9.17) is 4.42 Å². The number of anilines is 1. The predicted molar refractivity (Wildman–Crippen MR) is 136 cm³/mol. The molecule has 1 aliphatic carbocycles. The van der Waals surface area contributed by atoms with Gasteiger partial charge in [0.05, 0.1) is 4.92 Å². The van der Waals surface area contributed by atoms with Crippen molar-refractivity contribution in [2.45, 2.75) is 32.7 Å². The highest BCUT2D eigenvalue weighted by molar-refractivity contribution is 6.28. The van der Waals surface area contributed by atoms with Crippen molar-refractivity contribution in [3.05, 3.63) is 99.8 Å². The SMILES string of the molecule is CC1(C)CC(=O)C2=C(C1)C(c1ccc(-c3cccc([N+](=O)[O-])c3)o1)Nc1ccc3ccccc3c12. The van der Waals surface area contributed by atoms with Crippen LogP contribution in [0.2, 0.25) is 0 Å². The van der Waals surface area contributed by atoms with Crippen LogP contribution < -0.4 is 5.32 Å². The Morgan fingerprint density at radius 2 is 1.83 bits per heavy atom. The first-order valence-corrected chi connectivity index (χ1v) is 11.7. The third-order valence-corrected chi connectivity index (χ3v) is 6.99. The largest absolute Gasteiger partial charge is 0.459 e. The van der Waals surface area contributed by atoms with Gasteiger partial charge in [0.1, 0.15) is 17.6 Å². The van der Waals surface area contributed by atoms with E-state index >= 15 is 0 Å². The minimum absolute atomic E-state index is 0.0154. The van der Waals surface area contributed by atoms with Crippen molar-refractivity contribution in [2.75, 3.05) is 5.32 Å². The molecular weight excluding hydrogens is 440 g/mol. The molecule has 0 spiro atoms. The van der Waals surface area contributed by atoms with Gasteiger partial charge >= 0.3 is 0 Å². The van der Waals surface area contributed by atoms with Gasteiger partial charge < -0.3 is 9.73 Å². The van der Waals surface area contributed by atoms with Crippen LogP contribution in [0.4, 0.5) is 11.4 Å². The van der Waals surface area contributed by atoms with Crippen molar-refractivity contribution >= 4 is 33.5 Å². The summed E-state index contributed by atoms with van der Waals surface area (Å²) in [5, 5.41) is 17.0. The van der Waals surface area contributed by atoms with Gasteiger partial charge in [0.2, 0.25) is 0 Å². The Bertz CT molecular complexity index is 1560. The molecule has 6 heteroatoms. The van der Waals surface area contributed by atoms with Crippen LogP contribution in [0.15, 0.2) is 82.8 Å². The summed E-state index contributed by atoms with van der Waals surface area (Å²) in [6.07, 6.45) is 1.26. The fourth-order valence-corrected chi connectivity index (χ4v) is 5.50. The van der Waals surface area contributed by atoms with E-state index in [1.807, 2.05) is 30.3 Å². The van der Waals surface area contributed by atoms with Gasteiger partial charge in [-0.25, -0.2) is 0 Å². The second kappa shape index (κ2) is 7.67. The van der Waals surface area contributed by atoms with Gasteiger partial charge in [-0.1, -0.05) is 56.3 Å². The smallest absolute Gasteiger partial charge is 0.270 e. The average Bonchev–Trinajstić information content (AvgIpc) is 3.32. The monoisotopic (exact) mass is 464 g/mol. The van der Waals surface area contributed by atoms with Gasteiger partial charge in [0.15, 0.2) is 5.78 Å². The zero-order chi connectivity index (χ0) is 24.3. The number of carbonyl (C=O) groups is 1. The summed E-state index contributed by atoms with van der Waals surface area (Å²) < 4.78 is 6.27. The molecule has 2 aliphatic rings. The molecule has 2 heterocycles. The summed E-state index contributed by atoms with van der Waals surface area (Å²) in [6.45, 7) is 4.25. The average molecular weight is 465 g/mol. The van der Waals surface area contributed by atoms with Gasteiger partial charge in [-0.15, -0.1) is 0 Å². The predicted octanol–water partition coefficient (Wildman–Crippen LogP) is 7.32. The molecular formula is C29H24N2O4. The van der Waals surface area contributed by atoms with Crippen LogP contribution >= 0.6 is 0 Å². The molecule has 0 amide bonds. The van der Waals surface area contributed by atoms with Crippen LogP contribution in [0.1, 0.15) is 44.1 Å². The number of nitrogens with one attached hydrogen (secondary N) is 1. The number of rotatable bonds is 3. The Morgan fingerprint density at radius 3 is 2.66 bits per heavy atom. The van der Waals surface area contributed by atoms with Crippen molar-refractivity contribution in [1.82, 2.24) is 0 Å². The summed E-state index contributed by atoms with van der Waals surface area (Å²) in [4.78, 5) is 24.4. The lowest BCUT2D eigenvalue weighted by Gasteiger charge is -2.39. The van der Waals surface area contributed by atoms with E-state index in [0.29, 0.717) is 23.5 Å². The fourth-order valence-electron chi connectivity index (χ4n) is 5.50. The molecule has 0 radical (unpaired) electrons. The number of benzene rings is 3. The van der Waals surface area contributed by atoms with Crippen molar-refractivity contribution in [1.29, 1.82) is 0 Å². The van der Waals surface area contributed by atoms with E-state index in [9.17, 15) is 14.9 Å². The lowest BCUT2D eigenvalue weighted by atomic mass is 9.68. The molecule has 6 rings (SSSR count). The topological polar surface area (TPSA) is 85.4 Å². The summed E-state index contributed by atoms with van der Waals surface area (Å²) in [5.41, 5.74) is 4.22. The minimum Gasteiger partial charge on any atom is -0.459 e. The maximum absolute atomic E-state index is 13.6. The van der Waals surface area contributed by atoms with Crippen LogP contribution in [0, 0.1) is 15.5 Å². The highest BCUT2D eigenvalue weighted by Crippen LogP contribution is 2.52.